The number of halogens is 2. The van der Waals surface area contributed by atoms with Crippen molar-refractivity contribution in [3.05, 3.63) is 26.8 Å². The molecular formula is C13H16ClIN2S. The Labute approximate surface area is 131 Å². The van der Waals surface area contributed by atoms with Crippen LogP contribution in [0.3, 0.4) is 0 Å². The molecule has 0 amide bonds. The van der Waals surface area contributed by atoms with Gasteiger partial charge in [0.2, 0.25) is 0 Å². The van der Waals surface area contributed by atoms with Gasteiger partial charge in [0.25, 0.3) is 0 Å². The van der Waals surface area contributed by atoms with Crippen molar-refractivity contribution in [1.82, 2.24) is 0 Å². The van der Waals surface area contributed by atoms with Crippen LogP contribution in [0.25, 0.3) is 0 Å². The molecule has 0 radical (unpaired) electrons. The van der Waals surface area contributed by atoms with Crippen molar-refractivity contribution in [2.24, 2.45) is 10.9 Å². The van der Waals surface area contributed by atoms with E-state index in [0.717, 1.165) is 31.6 Å². The molecule has 0 aromatic heterocycles. The summed E-state index contributed by atoms with van der Waals surface area (Å²) in [5, 5.41) is 5.05. The van der Waals surface area contributed by atoms with Crippen molar-refractivity contribution < 1.29 is 0 Å². The van der Waals surface area contributed by atoms with Gasteiger partial charge in [-0.2, -0.15) is 0 Å². The number of benzene rings is 1. The van der Waals surface area contributed by atoms with Crippen molar-refractivity contribution in [1.29, 1.82) is 0 Å². The van der Waals surface area contributed by atoms with Crippen molar-refractivity contribution in [2.75, 3.05) is 11.1 Å². The molecule has 5 heteroatoms. The van der Waals surface area contributed by atoms with Gasteiger partial charge in [-0.15, -0.1) is 0 Å². The lowest BCUT2D eigenvalue weighted by atomic mass is 10.1. The van der Waals surface area contributed by atoms with Gasteiger partial charge in [-0.3, -0.25) is 4.99 Å². The molecular weight excluding hydrogens is 379 g/mol. The molecule has 1 aliphatic rings. The van der Waals surface area contributed by atoms with Gasteiger partial charge in [-0.1, -0.05) is 37.2 Å². The Morgan fingerprint density at radius 1 is 1.56 bits per heavy atom. The maximum absolute atomic E-state index is 6.20. The molecule has 2 rings (SSSR count). The molecule has 1 N–H and O–H groups in total. The van der Waals surface area contributed by atoms with Gasteiger partial charge in [0, 0.05) is 9.32 Å². The Bertz CT molecular complexity index is 462. The summed E-state index contributed by atoms with van der Waals surface area (Å²) in [7, 11) is 0. The maximum Gasteiger partial charge on any atom is 0.161 e. The van der Waals surface area contributed by atoms with Crippen LogP contribution < -0.4 is 5.32 Å². The average Bonchev–Trinajstić information content (AvgIpc) is 2.69. The molecule has 0 bridgehead atoms. The number of thioether (sulfide) groups is 1. The quantitative estimate of drug-likeness (QED) is 0.739. The summed E-state index contributed by atoms with van der Waals surface area (Å²) in [6, 6.07) is 6.44. The number of hydrogen-bond acceptors (Lipinski definition) is 3. The summed E-state index contributed by atoms with van der Waals surface area (Å²) in [6.07, 6.45) is 1.15. The van der Waals surface area contributed by atoms with Crippen LogP contribution in [-0.2, 0) is 0 Å². The number of nitrogens with zero attached hydrogens (tertiary/aromatic N) is 1. The third kappa shape index (κ3) is 4.03. The predicted molar refractivity (Wildman–Crippen MR) is 90.9 cm³/mol. The van der Waals surface area contributed by atoms with E-state index >= 15 is 0 Å². The summed E-state index contributed by atoms with van der Waals surface area (Å²) in [6.45, 7) is 4.48. The first-order chi connectivity index (χ1) is 8.54. The molecule has 0 spiro atoms. The van der Waals surface area contributed by atoms with Gasteiger partial charge in [0.1, 0.15) is 0 Å². The van der Waals surface area contributed by atoms with Crippen LogP contribution in [-0.4, -0.2) is 17.0 Å². The second-order valence-corrected chi connectivity index (χ2v) is 7.44. The molecule has 1 aliphatic heterocycles. The standard InChI is InChI=1S/C13H16ClIN2S/c1-8(2)5-10-7-18-13(16-10)17-12-4-3-9(15)6-11(12)14/h3-4,6,8,10H,5,7H2,1-2H3,(H,16,17). The number of hydrogen-bond donors (Lipinski definition) is 1. The highest BCUT2D eigenvalue weighted by Gasteiger charge is 2.19. The van der Waals surface area contributed by atoms with Crippen LogP contribution in [0.1, 0.15) is 20.3 Å². The molecule has 2 nitrogen and oxygen atoms in total. The van der Waals surface area contributed by atoms with E-state index in [-0.39, 0.29) is 0 Å². The van der Waals surface area contributed by atoms with E-state index in [2.05, 4.69) is 41.8 Å². The molecule has 0 saturated carbocycles. The van der Waals surface area contributed by atoms with Gasteiger partial charge < -0.3 is 5.32 Å². The van der Waals surface area contributed by atoms with Crippen molar-refractivity contribution in [3.63, 3.8) is 0 Å². The summed E-state index contributed by atoms with van der Waals surface area (Å²) in [4.78, 5) is 4.70. The SMILES string of the molecule is CC(C)CC1CSC(Nc2ccc(I)cc2Cl)=N1. The fourth-order valence-electron chi connectivity index (χ4n) is 1.85. The van der Waals surface area contributed by atoms with Crippen molar-refractivity contribution >= 4 is 56.8 Å². The number of aliphatic imine (C=N–C) groups is 1. The third-order valence-electron chi connectivity index (χ3n) is 2.63. The second-order valence-electron chi connectivity index (χ2n) is 4.78. The van der Waals surface area contributed by atoms with E-state index in [1.807, 2.05) is 18.2 Å². The van der Waals surface area contributed by atoms with E-state index in [0.29, 0.717) is 12.0 Å². The summed E-state index contributed by atoms with van der Waals surface area (Å²) in [5.74, 6) is 1.77. The maximum atomic E-state index is 6.20. The van der Waals surface area contributed by atoms with Crippen LogP contribution in [0.5, 0.6) is 0 Å². The fourth-order valence-corrected chi connectivity index (χ4v) is 3.72. The third-order valence-corrected chi connectivity index (χ3v) is 4.64. The highest BCUT2D eigenvalue weighted by molar-refractivity contribution is 14.1. The smallest absolute Gasteiger partial charge is 0.161 e. The lowest BCUT2D eigenvalue weighted by Crippen LogP contribution is -2.08. The van der Waals surface area contributed by atoms with Gasteiger partial charge in [-0.05, 0) is 53.1 Å². The Morgan fingerprint density at radius 2 is 2.33 bits per heavy atom. The molecule has 0 saturated heterocycles. The molecule has 98 valence electrons. The first-order valence-corrected chi connectivity index (χ1v) is 8.41. The highest BCUT2D eigenvalue weighted by Crippen LogP contribution is 2.28. The minimum atomic E-state index is 0.445. The summed E-state index contributed by atoms with van der Waals surface area (Å²) in [5.41, 5.74) is 0.938. The van der Waals surface area contributed by atoms with E-state index < -0.39 is 0 Å². The zero-order valence-corrected chi connectivity index (χ0v) is 14.1. The number of nitrogens with one attached hydrogen (secondary N) is 1. The Balaban J connectivity index is 2.02. The summed E-state index contributed by atoms with van der Waals surface area (Å²) < 4.78 is 1.14. The Hall–Kier alpha value is 0.0600. The van der Waals surface area contributed by atoms with Crippen molar-refractivity contribution in [2.45, 2.75) is 26.3 Å². The number of amidine groups is 1. The molecule has 0 fully saturated rings. The first kappa shape index (κ1) is 14.5. The van der Waals surface area contributed by atoms with Gasteiger partial charge >= 0.3 is 0 Å². The fraction of sp³-hybridized carbons (Fsp3) is 0.462. The van der Waals surface area contributed by atoms with Crippen LogP contribution in [0, 0.1) is 9.49 Å². The lowest BCUT2D eigenvalue weighted by Gasteiger charge is -2.08. The van der Waals surface area contributed by atoms with Crippen molar-refractivity contribution in [3.8, 4) is 0 Å². The van der Waals surface area contributed by atoms with Gasteiger partial charge in [0.05, 0.1) is 16.8 Å². The minimum absolute atomic E-state index is 0.445. The van der Waals surface area contributed by atoms with E-state index in [1.165, 1.54) is 0 Å². The zero-order chi connectivity index (χ0) is 13.1. The molecule has 1 unspecified atom stereocenters. The normalized spacial score (nSPS) is 19.2. The molecule has 1 aromatic carbocycles. The van der Waals surface area contributed by atoms with Crippen LogP contribution in [0.2, 0.25) is 5.02 Å². The molecule has 0 aliphatic carbocycles. The number of rotatable bonds is 3. The topological polar surface area (TPSA) is 24.4 Å². The molecule has 1 heterocycles. The van der Waals surface area contributed by atoms with Gasteiger partial charge in [-0.25, -0.2) is 0 Å². The Morgan fingerprint density at radius 3 is 3.00 bits per heavy atom. The highest BCUT2D eigenvalue weighted by atomic mass is 127. The van der Waals surface area contributed by atoms with E-state index in [9.17, 15) is 0 Å². The summed E-state index contributed by atoms with van der Waals surface area (Å²) >= 11 is 10.2. The molecule has 1 atom stereocenters. The van der Waals surface area contributed by atoms with E-state index in [4.69, 9.17) is 16.6 Å². The average molecular weight is 395 g/mol. The van der Waals surface area contributed by atoms with E-state index in [1.54, 1.807) is 11.8 Å². The minimum Gasteiger partial charge on any atom is -0.334 e. The second kappa shape index (κ2) is 6.48. The molecule has 1 aromatic rings. The van der Waals surface area contributed by atoms with Gasteiger partial charge in [0.15, 0.2) is 5.17 Å². The Kier molecular flexibility index (Phi) is 5.21. The zero-order valence-electron chi connectivity index (χ0n) is 10.4. The number of anilines is 1. The van der Waals surface area contributed by atoms with Crippen LogP contribution in [0.4, 0.5) is 5.69 Å². The van der Waals surface area contributed by atoms with Crippen LogP contribution >= 0.6 is 46.0 Å². The first-order valence-electron chi connectivity index (χ1n) is 5.97. The largest absolute Gasteiger partial charge is 0.334 e. The monoisotopic (exact) mass is 394 g/mol. The predicted octanol–water partition coefficient (Wildman–Crippen LogP) is 4.87. The molecule has 18 heavy (non-hydrogen) atoms. The lowest BCUT2D eigenvalue weighted by molar-refractivity contribution is 0.529. The van der Waals surface area contributed by atoms with Crippen LogP contribution in [0.15, 0.2) is 23.2 Å².